The molecule has 0 radical (unpaired) electrons. The predicted octanol–water partition coefficient (Wildman–Crippen LogP) is 5.22. The van der Waals surface area contributed by atoms with Gasteiger partial charge in [-0.2, -0.15) is 13.2 Å². The number of pyridine rings is 1. The van der Waals surface area contributed by atoms with Crippen molar-refractivity contribution in [1.82, 2.24) is 19.9 Å². The van der Waals surface area contributed by atoms with Crippen molar-refractivity contribution >= 4 is 11.7 Å². The zero-order valence-corrected chi connectivity index (χ0v) is 19.0. The van der Waals surface area contributed by atoms with Crippen LogP contribution in [-0.2, 0) is 6.18 Å². The summed E-state index contributed by atoms with van der Waals surface area (Å²) in [7, 11) is 0. The third-order valence-corrected chi connectivity index (χ3v) is 6.17. The van der Waals surface area contributed by atoms with Crippen molar-refractivity contribution < 1.29 is 18.0 Å². The Kier molecular flexibility index (Phi) is 6.81. The van der Waals surface area contributed by atoms with Gasteiger partial charge in [-0.25, -0.2) is 15.0 Å². The minimum atomic E-state index is -4.43. The second-order valence-electron chi connectivity index (χ2n) is 8.62. The summed E-state index contributed by atoms with van der Waals surface area (Å²) in [5.41, 5.74) is 1.37. The molecule has 0 spiro atoms. The van der Waals surface area contributed by atoms with E-state index in [1.54, 1.807) is 18.5 Å². The summed E-state index contributed by atoms with van der Waals surface area (Å²) in [6.07, 6.45) is 1.51. The molecule has 1 amide bonds. The standard InChI is InChI=1S/C25H26F3N5O/c1-16-6-8-19(23-29-10-4-11-30-23)20(13-16)24(34)33-12-3-5-17(2)21(33)15-32-22-9-7-18(14-31-22)25(26,27)28/h4,6-11,13-14,17,21H,3,5,12,15H2,1-2H3,(H,31,32)/t17-,21-/m0/s1. The number of likely N-dealkylation sites (tertiary alicyclic amines) is 1. The van der Waals surface area contributed by atoms with Gasteiger partial charge in [-0.05, 0) is 49.9 Å². The van der Waals surface area contributed by atoms with Crippen LogP contribution in [0.2, 0.25) is 0 Å². The monoisotopic (exact) mass is 469 g/mol. The fourth-order valence-corrected chi connectivity index (χ4v) is 4.31. The molecule has 9 heteroatoms. The SMILES string of the molecule is Cc1ccc(-c2ncccn2)c(C(=O)N2CCC[C@H](C)[C@@H]2CNc2ccc(C(F)(F)F)cn2)c1. The number of alkyl halides is 3. The molecule has 2 atom stereocenters. The van der Waals surface area contributed by atoms with E-state index in [2.05, 4.69) is 27.2 Å². The minimum Gasteiger partial charge on any atom is -0.368 e. The number of halogens is 3. The van der Waals surface area contributed by atoms with Gasteiger partial charge in [0.1, 0.15) is 5.82 Å². The van der Waals surface area contributed by atoms with E-state index in [1.807, 2.05) is 30.0 Å². The van der Waals surface area contributed by atoms with Crippen molar-refractivity contribution in [2.45, 2.75) is 38.9 Å². The van der Waals surface area contributed by atoms with Crippen LogP contribution in [0.3, 0.4) is 0 Å². The zero-order valence-electron chi connectivity index (χ0n) is 19.0. The van der Waals surface area contributed by atoms with Gasteiger partial charge in [0.05, 0.1) is 17.2 Å². The molecular formula is C25H26F3N5O. The third kappa shape index (κ3) is 5.18. The Bertz CT molecular complexity index is 1140. The largest absolute Gasteiger partial charge is 0.417 e. The van der Waals surface area contributed by atoms with Crippen molar-refractivity contribution in [3.05, 3.63) is 71.7 Å². The van der Waals surface area contributed by atoms with E-state index in [-0.39, 0.29) is 17.9 Å². The van der Waals surface area contributed by atoms with E-state index < -0.39 is 11.7 Å². The van der Waals surface area contributed by atoms with Gasteiger partial charge >= 0.3 is 6.18 Å². The van der Waals surface area contributed by atoms with Crippen LogP contribution in [0.25, 0.3) is 11.4 Å². The Morgan fingerprint density at radius 2 is 1.91 bits per heavy atom. The lowest BCUT2D eigenvalue weighted by Gasteiger charge is -2.40. The molecule has 0 saturated carbocycles. The smallest absolute Gasteiger partial charge is 0.368 e. The Labute approximate surface area is 196 Å². The normalized spacial score (nSPS) is 18.6. The van der Waals surface area contributed by atoms with Crippen molar-refractivity contribution in [2.24, 2.45) is 5.92 Å². The first-order chi connectivity index (χ1) is 16.2. The van der Waals surface area contributed by atoms with Crippen LogP contribution in [0.5, 0.6) is 0 Å². The first kappa shape index (κ1) is 23.7. The highest BCUT2D eigenvalue weighted by molar-refractivity contribution is 6.00. The number of hydrogen-bond acceptors (Lipinski definition) is 5. The maximum atomic E-state index is 13.8. The molecule has 1 fully saturated rings. The molecule has 1 aromatic carbocycles. The molecule has 0 aliphatic carbocycles. The molecule has 1 N–H and O–H groups in total. The van der Waals surface area contributed by atoms with Crippen molar-refractivity contribution in [2.75, 3.05) is 18.4 Å². The van der Waals surface area contributed by atoms with Crippen molar-refractivity contribution in [3.63, 3.8) is 0 Å². The van der Waals surface area contributed by atoms with Crippen LogP contribution in [0.1, 0.15) is 41.3 Å². The molecule has 1 saturated heterocycles. The minimum absolute atomic E-state index is 0.107. The first-order valence-corrected chi connectivity index (χ1v) is 11.2. The average molecular weight is 470 g/mol. The van der Waals surface area contributed by atoms with Gasteiger partial charge in [0, 0.05) is 37.2 Å². The number of carbonyl (C=O) groups excluding carboxylic acids is 1. The molecule has 0 unspecified atom stereocenters. The Balaban J connectivity index is 1.57. The lowest BCUT2D eigenvalue weighted by atomic mass is 9.89. The van der Waals surface area contributed by atoms with E-state index in [9.17, 15) is 18.0 Å². The molecule has 6 nitrogen and oxygen atoms in total. The van der Waals surface area contributed by atoms with E-state index in [0.29, 0.717) is 35.9 Å². The second-order valence-corrected chi connectivity index (χ2v) is 8.62. The number of hydrogen-bond donors (Lipinski definition) is 1. The van der Waals surface area contributed by atoms with Gasteiger partial charge in [0.25, 0.3) is 5.91 Å². The summed E-state index contributed by atoms with van der Waals surface area (Å²) in [6.45, 7) is 5.00. The van der Waals surface area contributed by atoms with Crippen LogP contribution in [-0.4, -0.2) is 44.9 Å². The van der Waals surface area contributed by atoms with Gasteiger partial charge in [-0.1, -0.05) is 24.6 Å². The van der Waals surface area contributed by atoms with Gasteiger partial charge in [0.2, 0.25) is 0 Å². The molecule has 34 heavy (non-hydrogen) atoms. The van der Waals surface area contributed by atoms with Crippen LogP contribution in [0.15, 0.2) is 55.0 Å². The van der Waals surface area contributed by atoms with E-state index >= 15 is 0 Å². The molecule has 2 aromatic heterocycles. The first-order valence-electron chi connectivity index (χ1n) is 11.2. The number of aromatic nitrogens is 3. The highest BCUT2D eigenvalue weighted by Gasteiger charge is 2.34. The molecule has 1 aliphatic rings. The summed E-state index contributed by atoms with van der Waals surface area (Å²) in [6, 6.07) is 9.55. The lowest BCUT2D eigenvalue weighted by Crippen LogP contribution is -2.51. The summed E-state index contributed by atoms with van der Waals surface area (Å²) >= 11 is 0. The number of rotatable bonds is 5. The zero-order chi connectivity index (χ0) is 24.3. The van der Waals surface area contributed by atoms with Crippen LogP contribution in [0, 0.1) is 12.8 Å². The maximum absolute atomic E-state index is 13.8. The number of nitrogens with one attached hydrogen (secondary N) is 1. The number of benzene rings is 1. The average Bonchev–Trinajstić information content (AvgIpc) is 2.83. The van der Waals surface area contributed by atoms with E-state index in [4.69, 9.17) is 0 Å². The maximum Gasteiger partial charge on any atom is 0.417 e. The number of carbonyl (C=O) groups is 1. The molecule has 178 valence electrons. The van der Waals surface area contributed by atoms with E-state index in [1.165, 1.54) is 6.07 Å². The number of piperidine rings is 1. The summed E-state index contributed by atoms with van der Waals surface area (Å²) in [4.78, 5) is 28.2. The topological polar surface area (TPSA) is 71.0 Å². The van der Waals surface area contributed by atoms with Gasteiger partial charge in [-0.15, -0.1) is 0 Å². The number of anilines is 1. The Morgan fingerprint density at radius 1 is 1.15 bits per heavy atom. The molecule has 1 aliphatic heterocycles. The molecular weight excluding hydrogens is 443 g/mol. The van der Waals surface area contributed by atoms with Gasteiger partial charge in [0.15, 0.2) is 5.82 Å². The number of amides is 1. The quantitative estimate of drug-likeness (QED) is 0.555. The lowest BCUT2D eigenvalue weighted by molar-refractivity contribution is -0.137. The third-order valence-electron chi connectivity index (χ3n) is 6.17. The van der Waals surface area contributed by atoms with Crippen LogP contribution < -0.4 is 5.32 Å². The highest BCUT2D eigenvalue weighted by Crippen LogP contribution is 2.30. The van der Waals surface area contributed by atoms with Crippen LogP contribution >= 0.6 is 0 Å². The van der Waals surface area contributed by atoms with Crippen molar-refractivity contribution in [3.8, 4) is 11.4 Å². The van der Waals surface area contributed by atoms with E-state index in [0.717, 1.165) is 30.7 Å². The molecule has 3 aromatic rings. The van der Waals surface area contributed by atoms with Gasteiger partial charge < -0.3 is 10.2 Å². The Morgan fingerprint density at radius 3 is 2.59 bits per heavy atom. The summed E-state index contributed by atoms with van der Waals surface area (Å²) < 4.78 is 38.5. The predicted molar refractivity (Wildman–Crippen MR) is 123 cm³/mol. The van der Waals surface area contributed by atoms with Gasteiger partial charge in [-0.3, -0.25) is 4.79 Å². The van der Waals surface area contributed by atoms with Crippen LogP contribution in [0.4, 0.5) is 19.0 Å². The summed E-state index contributed by atoms with van der Waals surface area (Å²) in [5, 5.41) is 3.12. The second kappa shape index (κ2) is 9.79. The fourth-order valence-electron chi connectivity index (χ4n) is 4.31. The molecule has 3 heterocycles. The highest BCUT2D eigenvalue weighted by atomic mass is 19.4. The fraction of sp³-hybridized carbons (Fsp3) is 0.360. The summed E-state index contributed by atoms with van der Waals surface area (Å²) in [5.74, 6) is 0.928. The number of aryl methyl sites for hydroxylation is 1. The Hall–Kier alpha value is -3.49. The molecule has 0 bridgehead atoms. The number of nitrogens with zero attached hydrogens (tertiary/aromatic N) is 4. The molecule has 4 rings (SSSR count). The van der Waals surface area contributed by atoms with Crippen molar-refractivity contribution in [1.29, 1.82) is 0 Å².